The topological polar surface area (TPSA) is 151 Å². The lowest BCUT2D eigenvalue weighted by Crippen LogP contribution is -2.60. The lowest BCUT2D eigenvalue weighted by molar-refractivity contribution is -0.0933. The molecule has 17 fully saturated rings. The van der Waals surface area contributed by atoms with Gasteiger partial charge in [0.05, 0.1) is 119 Å². The molecule has 0 spiro atoms. The van der Waals surface area contributed by atoms with Crippen LogP contribution >= 0.6 is 0 Å². The van der Waals surface area contributed by atoms with Gasteiger partial charge in [0.15, 0.2) is 0 Å². The molecule has 0 aromatic rings. The van der Waals surface area contributed by atoms with Gasteiger partial charge in [-0.1, -0.05) is 139 Å². The molecule has 0 radical (unpaired) electrons. The highest BCUT2D eigenvalue weighted by atomic mass is 16.6. The Hall–Kier alpha value is -0.760. The Morgan fingerprint density at radius 2 is 0.712 bits per heavy atom. The molecule has 0 aromatic carbocycles. The minimum absolute atomic E-state index is 0.219. The van der Waals surface area contributed by atoms with Gasteiger partial charge in [-0.15, -0.1) is 0 Å². The van der Waals surface area contributed by atoms with Crippen molar-refractivity contribution in [2.75, 3.05) is 145 Å². The SMILES string of the molecule is C1CCC(N(CC2CCC3OC3C2)C2CCCCC2)CC1.CC(C)N(CC1CCC2OC2C1)C(C)C.CC(C)N(CC1CO1)C(C)C.CC(C)N(CC1CO1)C1CCCCC1.CC1(C)CCCC(C)(C)N1CC1CO1.CCC(C)CN(CC(C)CC)CC1CO1.CCCCN(CCCC)CC1CO1.CCN(CC)CC1CCC2OC2C1.CN1C(C)(C)CC(OCC2CO2)CC1(C)C. The number of epoxide rings is 9. The number of ether oxygens (including phenoxy) is 10. The van der Waals surface area contributed by atoms with Gasteiger partial charge in [-0.05, 0) is 329 Å². The maximum absolute atomic E-state index is 5.97. The molecule has 6 aliphatic carbocycles. The average molecular weight is 1860 g/mol. The van der Waals surface area contributed by atoms with Gasteiger partial charge in [0.1, 0.15) is 6.10 Å². The summed E-state index contributed by atoms with van der Waals surface area (Å²) >= 11 is 0. The van der Waals surface area contributed by atoms with E-state index in [9.17, 15) is 0 Å². The van der Waals surface area contributed by atoms with E-state index in [0.717, 1.165) is 126 Å². The van der Waals surface area contributed by atoms with E-state index in [2.05, 4.69) is 231 Å². The van der Waals surface area contributed by atoms with Crippen molar-refractivity contribution < 1.29 is 47.4 Å². The number of fused-ring (bicyclic) bond motifs is 3. The van der Waals surface area contributed by atoms with Gasteiger partial charge >= 0.3 is 0 Å². The van der Waals surface area contributed by atoms with E-state index in [1.807, 2.05) is 0 Å². The number of hydrogen-bond donors (Lipinski definition) is 0. The summed E-state index contributed by atoms with van der Waals surface area (Å²) in [6.45, 7) is 83.4. The Balaban J connectivity index is 0.000000168. The van der Waals surface area contributed by atoms with Crippen LogP contribution in [0.4, 0.5) is 0 Å². The number of hydrogen-bond acceptors (Lipinski definition) is 19. The van der Waals surface area contributed by atoms with Crippen LogP contribution in [0.5, 0.6) is 0 Å². The smallest absolute Gasteiger partial charge is 0.104 e. The number of rotatable bonds is 41. The van der Waals surface area contributed by atoms with Crippen molar-refractivity contribution in [1.29, 1.82) is 0 Å². The first-order chi connectivity index (χ1) is 62.9. The number of likely N-dealkylation sites (tertiary alicyclic amines) is 2. The molecule has 6 saturated carbocycles. The summed E-state index contributed by atoms with van der Waals surface area (Å²) in [5.74, 6) is 4.33. The standard InChI is InChI=1S/C19H33NO.C13H25NO2.C13H25NO.C13H27NO.2C12H23NO.C11H21NO.C11H23NO.C9H19NO/c1-3-7-16(8-4-1)20(17-9-5-2-6-10-17)14-15-11-12-18-19(13-15)21-18;1-12(2)6-10(15-8-11-9-16-11)7-13(3,4)14(12)5;1-9(2)14(10(3)4)8-11-5-6-12-13(7-11)15-12;1-5-11(3)7-14(8-12(4)6-2)9-13-10-15-13;1-11(2)6-5-7-12(3,4)13(11)8-10-9-14-10;1-10(2)13(8-12-9-14-12)11-6-4-3-5-7-11;1-3-12(4-2)8-9-5-6-10-11(7-9)13-10;1-3-5-7-12(8-6-4-2)9-11-10-13-11;1-7(2)10(8(3)4)5-9-6-11-9/h15-19H,1-14H2;10-11H,6-9H2,1-5H3;9-13H,5-8H2,1-4H3;11-13H,5-10H2,1-4H3;10H,5-9H2,1-4H3;10-12H,3-9H2,1-2H3;9-11H,3-8H2,1-2H3;11H,3-10H2,1-2H3;7-9H,5-6H2,1-4H3. The second-order valence-electron chi connectivity index (χ2n) is 48.9. The molecule has 17 aliphatic rings. The second-order valence-corrected chi connectivity index (χ2v) is 48.9. The minimum atomic E-state index is 0.219. The Bertz CT molecular complexity index is 2900. The highest BCUT2D eigenvalue weighted by molar-refractivity contribution is 5.02. The Morgan fingerprint density at radius 1 is 0.348 bits per heavy atom. The van der Waals surface area contributed by atoms with Crippen molar-refractivity contribution in [3.8, 4) is 0 Å². The molecule has 11 aliphatic heterocycles. The molecular weight excluding hydrogens is 1640 g/mol. The van der Waals surface area contributed by atoms with Crippen molar-refractivity contribution in [2.45, 2.75) is 555 Å². The molecule has 0 bridgehead atoms. The predicted molar refractivity (Wildman–Crippen MR) is 553 cm³/mol. The third kappa shape index (κ3) is 43.4. The van der Waals surface area contributed by atoms with Gasteiger partial charge in [0, 0.05) is 136 Å². The Kier molecular flexibility index (Phi) is 50.2. The van der Waals surface area contributed by atoms with E-state index >= 15 is 0 Å². The average Bonchev–Trinajstić information content (AvgIpc) is 1.72. The van der Waals surface area contributed by atoms with E-state index in [-0.39, 0.29) is 11.1 Å². The highest BCUT2D eigenvalue weighted by Gasteiger charge is 2.50. The molecule has 0 amide bonds. The van der Waals surface area contributed by atoms with Crippen molar-refractivity contribution >= 4 is 0 Å². The summed E-state index contributed by atoms with van der Waals surface area (Å²) in [7, 11) is 2.22. The van der Waals surface area contributed by atoms with Crippen LogP contribution in [0.15, 0.2) is 0 Å². The van der Waals surface area contributed by atoms with Crippen LogP contribution in [0.25, 0.3) is 0 Å². The fourth-order valence-corrected chi connectivity index (χ4v) is 23.9. The maximum atomic E-state index is 5.97. The zero-order chi connectivity index (χ0) is 95.9. The number of unbranched alkanes of at least 4 members (excludes halogenated alkanes) is 2. The molecule has 19 heteroatoms. The summed E-state index contributed by atoms with van der Waals surface area (Å²) in [4.78, 5) is 23.6. The van der Waals surface area contributed by atoms with E-state index in [4.69, 9.17) is 47.4 Å². The van der Waals surface area contributed by atoms with Gasteiger partial charge in [0.25, 0.3) is 0 Å². The molecule has 17 unspecified atom stereocenters. The van der Waals surface area contributed by atoms with E-state index in [1.165, 1.54) is 284 Å². The zero-order valence-electron chi connectivity index (χ0n) is 91.7. The van der Waals surface area contributed by atoms with E-state index in [1.54, 1.807) is 0 Å². The van der Waals surface area contributed by atoms with Crippen molar-refractivity contribution in [3.05, 3.63) is 0 Å². The molecule has 17 rings (SSSR count). The highest BCUT2D eigenvalue weighted by Crippen LogP contribution is 2.45. The van der Waals surface area contributed by atoms with Crippen LogP contribution in [0.3, 0.4) is 0 Å². The summed E-state index contributed by atoms with van der Waals surface area (Å²) in [5.41, 5.74) is 1.15. The van der Waals surface area contributed by atoms with Crippen LogP contribution in [-0.2, 0) is 47.4 Å². The van der Waals surface area contributed by atoms with Gasteiger partial charge in [-0.25, -0.2) is 0 Å². The second kappa shape index (κ2) is 57.7. The van der Waals surface area contributed by atoms with E-state index in [0.29, 0.717) is 121 Å². The van der Waals surface area contributed by atoms with E-state index < -0.39 is 0 Å². The Labute approximate surface area is 816 Å². The van der Waals surface area contributed by atoms with Crippen molar-refractivity contribution in [3.63, 3.8) is 0 Å². The van der Waals surface area contributed by atoms with Crippen molar-refractivity contribution in [2.24, 2.45) is 29.6 Å². The fraction of sp³-hybridized carbons (Fsp3) is 1.00. The summed E-state index contributed by atoms with van der Waals surface area (Å²) < 4.78 is 54.5. The molecule has 132 heavy (non-hydrogen) atoms. The van der Waals surface area contributed by atoms with Crippen LogP contribution in [0.1, 0.15) is 405 Å². The lowest BCUT2D eigenvalue weighted by Gasteiger charge is -2.53. The Morgan fingerprint density at radius 3 is 1.08 bits per heavy atom. The third-order valence-electron chi connectivity index (χ3n) is 33.7. The molecule has 0 N–H and O–H groups in total. The van der Waals surface area contributed by atoms with Gasteiger partial charge < -0.3 is 62.1 Å². The van der Waals surface area contributed by atoms with Gasteiger partial charge in [0.2, 0.25) is 0 Å². The quantitative estimate of drug-likeness (QED) is 0.0533. The van der Waals surface area contributed by atoms with Crippen LogP contribution in [0, 0.1) is 29.6 Å². The minimum Gasteiger partial charge on any atom is -0.375 e. The monoisotopic (exact) mass is 1860 g/mol. The fourth-order valence-electron chi connectivity index (χ4n) is 23.9. The first kappa shape index (κ1) is 115. The summed E-state index contributed by atoms with van der Waals surface area (Å²) in [6.07, 6.45) is 55.5. The summed E-state index contributed by atoms with van der Waals surface area (Å²) in [6, 6.07) is 5.97. The normalized spacial score (nSPS) is 31.5. The molecule has 0 aromatic heterocycles. The molecule has 11 heterocycles. The lowest BCUT2D eigenvalue weighted by atomic mass is 9.79. The van der Waals surface area contributed by atoms with Crippen LogP contribution in [-0.4, -0.2) is 339 Å². The first-order valence-corrected chi connectivity index (χ1v) is 56.9. The van der Waals surface area contributed by atoms with Crippen molar-refractivity contribution in [1.82, 2.24) is 44.1 Å². The molecular formula is C113H219N9O10. The number of nitrogens with zero attached hydrogens (tertiary/aromatic N) is 9. The molecule has 19 nitrogen and oxygen atoms in total. The largest absolute Gasteiger partial charge is 0.375 e. The third-order valence-corrected chi connectivity index (χ3v) is 33.7. The first-order valence-electron chi connectivity index (χ1n) is 56.9. The summed E-state index contributed by atoms with van der Waals surface area (Å²) in [5, 5.41) is 0. The van der Waals surface area contributed by atoms with Gasteiger partial charge in [-0.2, -0.15) is 0 Å². The van der Waals surface area contributed by atoms with Gasteiger partial charge in [-0.3, -0.25) is 29.4 Å². The number of piperidine rings is 2. The predicted octanol–water partition coefficient (Wildman–Crippen LogP) is 22.6. The maximum Gasteiger partial charge on any atom is 0.104 e. The van der Waals surface area contributed by atoms with Crippen LogP contribution < -0.4 is 0 Å². The van der Waals surface area contributed by atoms with Crippen LogP contribution in [0.2, 0.25) is 0 Å². The zero-order valence-corrected chi connectivity index (χ0v) is 91.7. The molecule has 776 valence electrons. The molecule has 11 saturated heterocycles. The molecule has 17 atom stereocenters.